The van der Waals surface area contributed by atoms with Crippen LogP contribution in [0.25, 0.3) is 0 Å². The molecule has 1 saturated carbocycles. The molecule has 1 aliphatic carbocycles. The van der Waals surface area contributed by atoms with Crippen LogP contribution in [-0.4, -0.2) is 29.9 Å². The van der Waals surface area contributed by atoms with E-state index in [2.05, 4.69) is 6.92 Å². The molecule has 0 bridgehead atoms. The Kier molecular flexibility index (Phi) is 2.77. The molecule has 1 heterocycles. The highest BCUT2D eigenvalue weighted by atomic mass is 16.2. The van der Waals surface area contributed by atoms with Crippen LogP contribution in [0.2, 0.25) is 0 Å². The Morgan fingerprint density at radius 1 is 1.57 bits per heavy atom. The predicted molar refractivity (Wildman–Crippen MR) is 55.7 cm³/mol. The number of nitrogens with two attached hydrogens (primary N) is 1. The van der Waals surface area contributed by atoms with Gasteiger partial charge in [-0.1, -0.05) is 13.3 Å². The molecule has 3 nitrogen and oxygen atoms in total. The fraction of sp³-hybridized carbons (Fsp3) is 0.909. The number of carbonyl (C=O) groups excluding carboxylic acids is 1. The van der Waals surface area contributed by atoms with Gasteiger partial charge in [-0.2, -0.15) is 0 Å². The van der Waals surface area contributed by atoms with Gasteiger partial charge in [-0.25, -0.2) is 0 Å². The summed E-state index contributed by atoms with van der Waals surface area (Å²) in [5.74, 6) is 1.37. The summed E-state index contributed by atoms with van der Waals surface area (Å²) in [6.45, 7) is 3.88. The Balaban J connectivity index is 1.85. The van der Waals surface area contributed by atoms with Crippen LogP contribution in [0.3, 0.4) is 0 Å². The second-order valence-electron chi connectivity index (χ2n) is 4.70. The number of rotatable bonds is 2. The van der Waals surface area contributed by atoms with E-state index in [-0.39, 0.29) is 6.04 Å². The van der Waals surface area contributed by atoms with Crippen LogP contribution in [0.4, 0.5) is 0 Å². The number of nitrogens with zero attached hydrogens (tertiary/aromatic N) is 1. The third kappa shape index (κ3) is 1.92. The molecule has 2 N–H and O–H groups in total. The van der Waals surface area contributed by atoms with E-state index in [0.29, 0.717) is 17.7 Å². The third-order valence-corrected chi connectivity index (χ3v) is 3.53. The maximum Gasteiger partial charge on any atom is 0.226 e. The SMILES string of the molecule is CC[C@@H]1C[C@H]1C(=O)N1CCC[C@@H](N)C1. The fourth-order valence-electron chi connectivity index (χ4n) is 2.45. The minimum absolute atomic E-state index is 0.214. The molecule has 1 aliphatic heterocycles. The molecule has 0 aromatic carbocycles. The normalized spacial score (nSPS) is 37.0. The number of hydrogen-bond acceptors (Lipinski definition) is 2. The van der Waals surface area contributed by atoms with Gasteiger partial charge in [-0.3, -0.25) is 4.79 Å². The van der Waals surface area contributed by atoms with Gasteiger partial charge in [0, 0.05) is 25.0 Å². The summed E-state index contributed by atoms with van der Waals surface area (Å²) in [4.78, 5) is 13.9. The van der Waals surface area contributed by atoms with Crippen molar-refractivity contribution in [2.24, 2.45) is 17.6 Å². The van der Waals surface area contributed by atoms with Gasteiger partial charge in [0.2, 0.25) is 5.91 Å². The van der Waals surface area contributed by atoms with Crippen molar-refractivity contribution in [1.82, 2.24) is 4.90 Å². The number of amides is 1. The van der Waals surface area contributed by atoms with Gasteiger partial charge in [-0.15, -0.1) is 0 Å². The quantitative estimate of drug-likeness (QED) is 0.715. The summed E-state index contributed by atoms with van der Waals surface area (Å²) in [6, 6.07) is 0.214. The van der Waals surface area contributed by atoms with Gasteiger partial charge >= 0.3 is 0 Å². The molecule has 0 unspecified atom stereocenters. The molecule has 2 aliphatic rings. The smallest absolute Gasteiger partial charge is 0.226 e. The van der Waals surface area contributed by atoms with E-state index in [1.807, 2.05) is 4.90 Å². The zero-order chi connectivity index (χ0) is 10.1. The van der Waals surface area contributed by atoms with Crippen LogP contribution in [0.5, 0.6) is 0 Å². The largest absolute Gasteiger partial charge is 0.341 e. The summed E-state index contributed by atoms with van der Waals surface area (Å²) in [6.07, 6.45) is 4.42. The van der Waals surface area contributed by atoms with E-state index in [4.69, 9.17) is 5.73 Å². The first kappa shape index (κ1) is 9.97. The number of carbonyl (C=O) groups is 1. The standard InChI is InChI=1S/C11H20N2O/c1-2-8-6-10(8)11(14)13-5-3-4-9(12)7-13/h8-10H,2-7,12H2,1H3/t8-,9-,10-/m1/s1. The summed E-state index contributed by atoms with van der Waals surface area (Å²) in [5.41, 5.74) is 5.86. The summed E-state index contributed by atoms with van der Waals surface area (Å²) >= 11 is 0. The summed E-state index contributed by atoms with van der Waals surface area (Å²) < 4.78 is 0. The molecular weight excluding hydrogens is 176 g/mol. The van der Waals surface area contributed by atoms with Crippen molar-refractivity contribution >= 4 is 5.91 Å². The van der Waals surface area contributed by atoms with Crippen molar-refractivity contribution in [2.75, 3.05) is 13.1 Å². The van der Waals surface area contributed by atoms with E-state index in [0.717, 1.165) is 38.8 Å². The lowest BCUT2D eigenvalue weighted by Gasteiger charge is -2.31. The van der Waals surface area contributed by atoms with Crippen LogP contribution in [-0.2, 0) is 4.79 Å². The Bertz CT molecular complexity index is 229. The molecule has 0 aromatic rings. The first-order valence-corrected chi connectivity index (χ1v) is 5.76. The lowest BCUT2D eigenvalue weighted by molar-refractivity contribution is -0.134. The van der Waals surface area contributed by atoms with Crippen molar-refractivity contribution in [3.8, 4) is 0 Å². The van der Waals surface area contributed by atoms with E-state index in [1.54, 1.807) is 0 Å². The van der Waals surface area contributed by atoms with Crippen LogP contribution in [0, 0.1) is 11.8 Å². The number of hydrogen-bond donors (Lipinski definition) is 1. The van der Waals surface area contributed by atoms with E-state index >= 15 is 0 Å². The summed E-state index contributed by atoms with van der Waals surface area (Å²) in [7, 11) is 0. The van der Waals surface area contributed by atoms with Gasteiger partial charge < -0.3 is 10.6 Å². The molecule has 80 valence electrons. The van der Waals surface area contributed by atoms with Crippen molar-refractivity contribution in [1.29, 1.82) is 0 Å². The van der Waals surface area contributed by atoms with Gasteiger partial charge in [0.05, 0.1) is 0 Å². The molecule has 0 spiro atoms. The van der Waals surface area contributed by atoms with Crippen molar-refractivity contribution in [3.05, 3.63) is 0 Å². The highest BCUT2D eigenvalue weighted by Gasteiger charge is 2.43. The highest BCUT2D eigenvalue weighted by molar-refractivity contribution is 5.81. The Labute approximate surface area is 85.6 Å². The molecule has 0 aromatic heterocycles. The molecule has 3 atom stereocenters. The Morgan fingerprint density at radius 3 is 2.93 bits per heavy atom. The molecule has 1 saturated heterocycles. The average molecular weight is 196 g/mol. The minimum atomic E-state index is 0.214. The summed E-state index contributed by atoms with van der Waals surface area (Å²) in [5, 5.41) is 0. The van der Waals surface area contributed by atoms with Gasteiger partial charge in [0.25, 0.3) is 0 Å². The first-order chi connectivity index (χ1) is 6.72. The number of piperidine rings is 1. The monoisotopic (exact) mass is 196 g/mol. The predicted octanol–water partition coefficient (Wildman–Crippen LogP) is 0.982. The van der Waals surface area contributed by atoms with Crippen LogP contribution < -0.4 is 5.73 Å². The lowest BCUT2D eigenvalue weighted by atomic mass is 10.1. The topological polar surface area (TPSA) is 46.3 Å². The minimum Gasteiger partial charge on any atom is -0.341 e. The number of likely N-dealkylation sites (tertiary alicyclic amines) is 1. The molecule has 3 heteroatoms. The maximum absolute atomic E-state index is 11.9. The first-order valence-electron chi connectivity index (χ1n) is 5.76. The molecule has 2 rings (SSSR count). The van der Waals surface area contributed by atoms with Crippen LogP contribution in [0.15, 0.2) is 0 Å². The fourth-order valence-corrected chi connectivity index (χ4v) is 2.45. The van der Waals surface area contributed by atoms with Crippen molar-refractivity contribution < 1.29 is 4.79 Å². The lowest BCUT2D eigenvalue weighted by Crippen LogP contribution is -2.46. The second kappa shape index (κ2) is 3.89. The van der Waals surface area contributed by atoms with Crippen molar-refractivity contribution in [3.63, 3.8) is 0 Å². The van der Waals surface area contributed by atoms with Crippen LogP contribution >= 0.6 is 0 Å². The zero-order valence-corrected chi connectivity index (χ0v) is 8.91. The Morgan fingerprint density at radius 2 is 2.36 bits per heavy atom. The van der Waals surface area contributed by atoms with E-state index in [1.165, 1.54) is 0 Å². The van der Waals surface area contributed by atoms with Gasteiger partial charge in [-0.05, 0) is 25.2 Å². The van der Waals surface area contributed by atoms with Crippen molar-refractivity contribution in [2.45, 2.75) is 38.6 Å². The second-order valence-corrected chi connectivity index (χ2v) is 4.70. The third-order valence-electron chi connectivity index (χ3n) is 3.53. The van der Waals surface area contributed by atoms with E-state index in [9.17, 15) is 4.79 Å². The average Bonchev–Trinajstić information content (AvgIpc) is 2.95. The molecule has 0 radical (unpaired) electrons. The molecule has 1 amide bonds. The highest BCUT2D eigenvalue weighted by Crippen LogP contribution is 2.42. The molecule has 14 heavy (non-hydrogen) atoms. The molecular formula is C11H20N2O. The van der Waals surface area contributed by atoms with Crippen LogP contribution in [0.1, 0.15) is 32.6 Å². The maximum atomic E-state index is 11.9. The Hall–Kier alpha value is -0.570. The zero-order valence-electron chi connectivity index (χ0n) is 8.91. The molecule has 2 fully saturated rings. The van der Waals surface area contributed by atoms with E-state index < -0.39 is 0 Å². The van der Waals surface area contributed by atoms with Gasteiger partial charge in [0.1, 0.15) is 0 Å². The van der Waals surface area contributed by atoms with Gasteiger partial charge in [0.15, 0.2) is 0 Å².